The number of rotatable bonds is 8. The summed E-state index contributed by atoms with van der Waals surface area (Å²) in [7, 11) is 1.41. The highest BCUT2D eigenvalue weighted by molar-refractivity contribution is 7.20. The van der Waals surface area contributed by atoms with Crippen LogP contribution in [0.2, 0.25) is 0 Å². The minimum atomic E-state index is -4.48. The zero-order valence-electron chi connectivity index (χ0n) is 19.4. The molecule has 0 amide bonds. The molecule has 0 N–H and O–H groups in total. The predicted molar refractivity (Wildman–Crippen MR) is 121 cm³/mol. The summed E-state index contributed by atoms with van der Waals surface area (Å²) in [4.78, 5) is 42.5. The Labute approximate surface area is 192 Å². The second-order valence-corrected chi connectivity index (χ2v) is 9.62. The molecule has 0 saturated carbocycles. The molecule has 1 unspecified atom stereocenters. The molecule has 0 aliphatic rings. The lowest BCUT2D eigenvalue weighted by Gasteiger charge is -2.18. The highest BCUT2D eigenvalue weighted by atomic mass is 32.1. The van der Waals surface area contributed by atoms with Crippen molar-refractivity contribution < 1.29 is 27.4 Å². The van der Waals surface area contributed by atoms with Gasteiger partial charge in [0.1, 0.15) is 17.0 Å². The van der Waals surface area contributed by atoms with Crippen molar-refractivity contribution in [3.8, 4) is 0 Å². The van der Waals surface area contributed by atoms with Crippen molar-refractivity contribution in [2.75, 3.05) is 13.7 Å². The summed E-state index contributed by atoms with van der Waals surface area (Å²) >= 11 is 0.977. The minimum Gasteiger partial charge on any atom is -0.459 e. The first kappa shape index (κ1) is 26.8. The third-order valence-corrected chi connectivity index (χ3v) is 5.89. The van der Waals surface area contributed by atoms with Crippen molar-refractivity contribution in [3.63, 3.8) is 0 Å². The van der Waals surface area contributed by atoms with E-state index in [1.54, 1.807) is 34.6 Å². The fourth-order valence-electron chi connectivity index (χ4n) is 3.04. The highest BCUT2D eigenvalue weighted by Crippen LogP contribution is 2.28. The molecule has 0 aliphatic heterocycles. The summed E-state index contributed by atoms with van der Waals surface area (Å²) in [5.74, 6) is -0.546. The van der Waals surface area contributed by atoms with Gasteiger partial charge in [0.05, 0.1) is 29.3 Å². The van der Waals surface area contributed by atoms with E-state index in [4.69, 9.17) is 9.47 Å². The van der Waals surface area contributed by atoms with E-state index in [0.717, 1.165) is 20.5 Å². The zero-order valence-corrected chi connectivity index (χ0v) is 20.2. The fourth-order valence-corrected chi connectivity index (χ4v) is 4.25. The standard InChI is InChI=1S/C21H28F3N3O5S/c1-12(31-6)11-27-17(29)16-13(2)14(9-25-10-15(28)32-20(3,4)5)33-18(16)26(19(27)30)8-7-21(22,23)24/h9,12H,7-8,10-11H2,1-6H3. The maximum Gasteiger partial charge on any atom is 0.390 e. The highest BCUT2D eigenvalue weighted by Gasteiger charge is 2.29. The van der Waals surface area contributed by atoms with Crippen LogP contribution in [0.5, 0.6) is 0 Å². The monoisotopic (exact) mass is 491 g/mol. The molecule has 33 heavy (non-hydrogen) atoms. The van der Waals surface area contributed by atoms with Crippen molar-refractivity contribution in [3.05, 3.63) is 31.3 Å². The molecule has 8 nitrogen and oxygen atoms in total. The van der Waals surface area contributed by atoms with E-state index in [0.29, 0.717) is 10.4 Å². The largest absolute Gasteiger partial charge is 0.459 e. The molecule has 2 rings (SSSR count). The predicted octanol–water partition coefficient (Wildman–Crippen LogP) is 3.28. The first-order chi connectivity index (χ1) is 15.1. The van der Waals surface area contributed by atoms with Crippen molar-refractivity contribution in [1.29, 1.82) is 0 Å². The summed E-state index contributed by atoms with van der Waals surface area (Å²) in [6.45, 7) is 7.44. The Hall–Kier alpha value is -2.47. The van der Waals surface area contributed by atoms with E-state index in [1.807, 2.05) is 0 Å². The molecule has 0 fully saturated rings. The molecule has 0 aliphatic carbocycles. The number of hydrogen-bond donors (Lipinski definition) is 0. The number of aromatic nitrogens is 2. The van der Waals surface area contributed by atoms with Gasteiger partial charge in [-0.3, -0.25) is 23.7 Å². The normalized spacial score (nSPS) is 13.7. The van der Waals surface area contributed by atoms with Crippen LogP contribution in [0, 0.1) is 6.92 Å². The molecule has 0 bridgehead atoms. The van der Waals surface area contributed by atoms with E-state index < -0.39 is 48.1 Å². The lowest BCUT2D eigenvalue weighted by atomic mass is 10.2. The van der Waals surface area contributed by atoms with Gasteiger partial charge in [0.15, 0.2) is 0 Å². The van der Waals surface area contributed by atoms with E-state index in [-0.39, 0.29) is 23.3 Å². The van der Waals surface area contributed by atoms with Crippen LogP contribution in [0.25, 0.3) is 10.2 Å². The maximum atomic E-state index is 13.1. The Kier molecular flexibility index (Phi) is 8.28. The van der Waals surface area contributed by atoms with Crippen LogP contribution in [0.15, 0.2) is 14.6 Å². The molecule has 0 saturated heterocycles. The number of ether oxygens (including phenoxy) is 2. The second-order valence-electron chi connectivity index (χ2n) is 8.59. The molecule has 0 aromatic carbocycles. The molecule has 2 heterocycles. The molecular formula is C21H28F3N3O5S. The van der Waals surface area contributed by atoms with Crippen LogP contribution in [-0.2, 0) is 27.4 Å². The zero-order chi connectivity index (χ0) is 25.1. The lowest BCUT2D eigenvalue weighted by molar-refractivity contribution is -0.152. The first-order valence-corrected chi connectivity index (χ1v) is 11.0. The van der Waals surface area contributed by atoms with Crippen molar-refractivity contribution >= 4 is 33.7 Å². The number of fused-ring (bicyclic) bond motifs is 1. The SMILES string of the molecule is COC(C)Cn1c(=O)c2c(C)c(C=NCC(=O)OC(C)(C)C)sc2n(CCC(F)(F)F)c1=O. The molecule has 184 valence electrons. The number of nitrogens with zero attached hydrogens (tertiary/aromatic N) is 3. The van der Waals surface area contributed by atoms with Crippen molar-refractivity contribution in [1.82, 2.24) is 9.13 Å². The number of thiophene rings is 1. The van der Waals surface area contributed by atoms with Gasteiger partial charge in [0.2, 0.25) is 0 Å². The molecule has 2 aromatic rings. The quantitative estimate of drug-likeness (QED) is 0.418. The summed E-state index contributed by atoms with van der Waals surface area (Å²) in [5, 5.41) is 0.142. The van der Waals surface area contributed by atoms with Gasteiger partial charge in [0.25, 0.3) is 5.56 Å². The smallest absolute Gasteiger partial charge is 0.390 e. The molecule has 2 aromatic heterocycles. The lowest BCUT2D eigenvalue weighted by Crippen LogP contribution is -2.42. The number of aryl methyl sites for hydroxylation is 2. The third kappa shape index (κ3) is 7.00. The van der Waals surface area contributed by atoms with Gasteiger partial charge in [-0.15, -0.1) is 11.3 Å². The summed E-state index contributed by atoms with van der Waals surface area (Å²) < 4.78 is 50.9. The molecular weight excluding hydrogens is 463 g/mol. The maximum absolute atomic E-state index is 13.1. The number of halogens is 3. The number of alkyl halides is 3. The number of carbonyl (C=O) groups is 1. The Bertz CT molecular complexity index is 1160. The average Bonchev–Trinajstić information content (AvgIpc) is 2.99. The van der Waals surface area contributed by atoms with E-state index in [9.17, 15) is 27.6 Å². The fraction of sp³-hybridized carbons (Fsp3) is 0.619. The number of aliphatic imine (C=N–C) groups is 1. The van der Waals surface area contributed by atoms with Crippen LogP contribution >= 0.6 is 11.3 Å². The summed E-state index contributed by atoms with van der Waals surface area (Å²) in [6, 6.07) is 0. The number of methoxy groups -OCH3 is 1. The topological polar surface area (TPSA) is 91.9 Å². The van der Waals surface area contributed by atoms with E-state index >= 15 is 0 Å². The van der Waals surface area contributed by atoms with Gasteiger partial charge in [-0.1, -0.05) is 0 Å². The van der Waals surface area contributed by atoms with Gasteiger partial charge in [-0.2, -0.15) is 13.2 Å². The van der Waals surface area contributed by atoms with Crippen LogP contribution < -0.4 is 11.2 Å². The molecule has 0 spiro atoms. The van der Waals surface area contributed by atoms with Crippen LogP contribution in [0.3, 0.4) is 0 Å². The van der Waals surface area contributed by atoms with Crippen molar-refractivity contribution in [2.24, 2.45) is 4.99 Å². The van der Waals surface area contributed by atoms with Crippen LogP contribution in [0.4, 0.5) is 13.2 Å². The van der Waals surface area contributed by atoms with Gasteiger partial charge < -0.3 is 9.47 Å². The molecule has 1 atom stereocenters. The summed E-state index contributed by atoms with van der Waals surface area (Å²) in [6.07, 6.45) is -4.84. The Morgan fingerprint density at radius 2 is 1.85 bits per heavy atom. The number of esters is 1. The Morgan fingerprint density at radius 3 is 2.39 bits per heavy atom. The second kappa shape index (κ2) is 10.2. The third-order valence-electron chi connectivity index (χ3n) is 4.64. The van der Waals surface area contributed by atoms with Gasteiger partial charge in [0, 0.05) is 19.9 Å². The first-order valence-electron chi connectivity index (χ1n) is 10.2. The van der Waals surface area contributed by atoms with Gasteiger partial charge in [-0.25, -0.2) is 4.79 Å². The van der Waals surface area contributed by atoms with E-state index in [1.165, 1.54) is 13.3 Å². The van der Waals surface area contributed by atoms with E-state index in [2.05, 4.69) is 4.99 Å². The Balaban J connectivity index is 2.56. The molecule has 0 radical (unpaired) electrons. The Morgan fingerprint density at radius 1 is 1.21 bits per heavy atom. The number of hydrogen-bond acceptors (Lipinski definition) is 7. The number of carbonyl (C=O) groups excluding carboxylic acids is 1. The van der Waals surface area contributed by atoms with Crippen LogP contribution in [0.1, 0.15) is 44.6 Å². The summed E-state index contributed by atoms with van der Waals surface area (Å²) in [5.41, 5.74) is -1.64. The molecule has 12 heteroatoms. The van der Waals surface area contributed by atoms with Gasteiger partial charge in [-0.05, 0) is 40.2 Å². The minimum absolute atomic E-state index is 0.104. The van der Waals surface area contributed by atoms with Crippen LogP contribution in [-0.4, -0.2) is 52.9 Å². The van der Waals surface area contributed by atoms with Gasteiger partial charge >= 0.3 is 17.8 Å². The van der Waals surface area contributed by atoms with Crippen molar-refractivity contribution in [2.45, 2.75) is 72.0 Å². The average molecular weight is 492 g/mol.